The molecular weight excluding hydrogens is 398 g/mol. The van der Waals surface area contributed by atoms with E-state index >= 15 is 0 Å². The molecule has 0 saturated heterocycles. The highest BCUT2D eigenvalue weighted by Gasteiger charge is 2.48. The number of rotatable bonds is 7. The average Bonchev–Trinajstić information content (AvgIpc) is 3.52. The van der Waals surface area contributed by atoms with Crippen molar-refractivity contribution in [2.75, 3.05) is 12.4 Å². The second-order valence-corrected chi connectivity index (χ2v) is 8.87. The molecule has 2 aliphatic rings. The minimum Gasteiger partial charge on any atom is -0.497 e. The Balaban J connectivity index is 1.63. The molecule has 8 nitrogen and oxygen atoms in total. The molecule has 0 spiro atoms. The number of nitrogens with one attached hydrogen (secondary N) is 2. The number of hydrogen-bond donors (Lipinski definition) is 3. The first-order valence-corrected chi connectivity index (χ1v) is 10.4. The molecule has 2 aliphatic carbocycles. The Morgan fingerprint density at radius 1 is 1.26 bits per heavy atom. The van der Waals surface area contributed by atoms with Crippen LogP contribution in [0, 0.1) is 10.1 Å². The first-order chi connectivity index (χ1) is 14.7. The van der Waals surface area contributed by atoms with Crippen molar-refractivity contribution >= 4 is 17.3 Å². The fraction of sp³-hybridized carbons (Fsp3) is 0.435. The summed E-state index contributed by atoms with van der Waals surface area (Å²) < 4.78 is 5.12. The van der Waals surface area contributed by atoms with Crippen LogP contribution in [-0.2, 0) is 16.6 Å². The van der Waals surface area contributed by atoms with Gasteiger partial charge in [-0.1, -0.05) is 26.0 Å². The van der Waals surface area contributed by atoms with Gasteiger partial charge in [-0.05, 0) is 47.7 Å². The van der Waals surface area contributed by atoms with E-state index in [1.54, 1.807) is 37.4 Å². The molecule has 31 heavy (non-hydrogen) atoms. The van der Waals surface area contributed by atoms with Crippen molar-refractivity contribution in [1.82, 2.24) is 5.32 Å². The molecule has 8 heteroatoms. The maximum absolute atomic E-state index is 12.6. The van der Waals surface area contributed by atoms with Gasteiger partial charge in [-0.15, -0.1) is 0 Å². The third-order valence-corrected chi connectivity index (χ3v) is 6.24. The van der Waals surface area contributed by atoms with Crippen LogP contribution in [-0.4, -0.2) is 35.2 Å². The van der Waals surface area contributed by atoms with Gasteiger partial charge >= 0.3 is 0 Å². The summed E-state index contributed by atoms with van der Waals surface area (Å²) in [5, 5.41) is 28.8. The molecule has 0 heterocycles. The van der Waals surface area contributed by atoms with E-state index in [1.807, 2.05) is 13.8 Å². The second kappa shape index (κ2) is 7.94. The number of ether oxygens (including phenoxy) is 1. The number of amides is 1. The fourth-order valence-electron chi connectivity index (χ4n) is 4.23. The Kier molecular flexibility index (Phi) is 5.45. The minimum absolute atomic E-state index is 0.0795. The van der Waals surface area contributed by atoms with Gasteiger partial charge in [-0.25, -0.2) is 0 Å². The molecular formula is C23H27N3O5. The van der Waals surface area contributed by atoms with Gasteiger partial charge in [0.05, 0.1) is 30.6 Å². The van der Waals surface area contributed by atoms with Crippen LogP contribution in [0.3, 0.4) is 0 Å². The molecule has 2 aromatic rings. The topological polar surface area (TPSA) is 114 Å². The van der Waals surface area contributed by atoms with Gasteiger partial charge in [-0.2, -0.15) is 0 Å². The summed E-state index contributed by atoms with van der Waals surface area (Å²) >= 11 is 0. The Morgan fingerprint density at radius 3 is 2.52 bits per heavy atom. The van der Waals surface area contributed by atoms with Gasteiger partial charge < -0.3 is 20.5 Å². The number of fused-ring (bicyclic) bond motifs is 1. The second-order valence-electron chi connectivity index (χ2n) is 8.87. The van der Waals surface area contributed by atoms with Crippen molar-refractivity contribution in [2.24, 2.45) is 0 Å². The highest BCUT2D eigenvalue weighted by molar-refractivity contribution is 5.94. The highest BCUT2D eigenvalue weighted by Crippen LogP contribution is 2.49. The molecule has 0 aromatic heterocycles. The zero-order valence-corrected chi connectivity index (χ0v) is 17.8. The predicted molar refractivity (Wildman–Crippen MR) is 116 cm³/mol. The molecule has 0 aliphatic heterocycles. The maximum atomic E-state index is 12.6. The van der Waals surface area contributed by atoms with E-state index in [9.17, 15) is 20.0 Å². The first kappa shape index (κ1) is 21.3. The fourth-order valence-corrected chi connectivity index (χ4v) is 4.23. The van der Waals surface area contributed by atoms with Crippen LogP contribution in [0.2, 0.25) is 0 Å². The van der Waals surface area contributed by atoms with E-state index in [0.717, 1.165) is 29.5 Å². The predicted octanol–water partition coefficient (Wildman–Crippen LogP) is 3.23. The van der Waals surface area contributed by atoms with E-state index in [1.165, 1.54) is 6.07 Å². The van der Waals surface area contributed by atoms with Crippen LogP contribution >= 0.6 is 0 Å². The lowest BCUT2D eigenvalue weighted by Gasteiger charge is -2.27. The molecule has 0 radical (unpaired) electrons. The van der Waals surface area contributed by atoms with Gasteiger partial charge in [0.1, 0.15) is 11.4 Å². The standard InChI is InChI=1S/C23H27N3O5/c1-23(2)17-12-19(26(29)30)18(11-16(17)21(22(23)28)24-14-6-7-14)25-20(27)10-13-4-8-15(31-3)9-5-13/h4-5,8-9,11-12,14,21-22,24,28H,6-7,10H2,1-3H3,(H,25,27)/t21-,22+/m0/s1. The summed E-state index contributed by atoms with van der Waals surface area (Å²) in [6, 6.07) is 10.3. The normalized spacial score (nSPS) is 21.4. The number of carbonyl (C=O) groups excluding carboxylic acids is 1. The number of carbonyl (C=O) groups is 1. The van der Waals surface area contributed by atoms with Crippen molar-refractivity contribution in [1.29, 1.82) is 0 Å². The van der Waals surface area contributed by atoms with Gasteiger partial charge in [-0.3, -0.25) is 14.9 Å². The zero-order chi connectivity index (χ0) is 22.3. The van der Waals surface area contributed by atoms with Gasteiger partial charge in [0.15, 0.2) is 0 Å². The number of hydrogen-bond acceptors (Lipinski definition) is 6. The van der Waals surface area contributed by atoms with E-state index < -0.39 is 16.4 Å². The molecule has 3 N–H and O–H groups in total. The monoisotopic (exact) mass is 425 g/mol. The smallest absolute Gasteiger partial charge is 0.293 e. The number of nitrogens with zero attached hydrogens (tertiary/aromatic N) is 1. The molecule has 1 amide bonds. The number of aliphatic hydroxyl groups excluding tert-OH is 1. The SMILES string of the molecule is COc1ccc(CC(=O)Nc2cc3c(cc2[N+](=O)[O-])C(C)(C)[C@H](O)[C@H]3NC2CC2)cc1. The number of nitro groups is 1. The summed E-state index contributed by atoms with van der Waals surface area (Å²) in [5.74, 6) is 0.339. The lowest BCUT2D eigenvalue weighted by atomic mass is 9.84. The third-order valence-electron chi connectivity index (χ3n) is 6.24. The zero-order valence-electron chi connectivity index (χ0n) is 17.8. The Bertz CT molecular complexity index is 1010. The number of anilines is 1. The number of benzene rings is 2. The van der Waals surface area contributed by atoms with Crippen LogP contribution in [0.1, 0.15) is 49.4 Å². The minimum atomic E-state index is -0.715. The Hall–Kier alpha value is -2.97. The number of aliphatic hydroxyl groups is 1. The summed E-state index contributed by atoms with van der Waals surface area (Å²) in [5.41, 5.74) is 1.64. The van der Waals surface area contributed by atoms with E-state index in [-0.39, 0.29) is 29.7 Å². The van der Waals surface area contributed by atoms with Crippen molar-refractivity contribution in [3.8, 4) is 5.75 Å². The largest absolute Gasteiger partial charge is 0.497 e. The lowest BCUT2D eigenvalue weighted by Crippen LogP contribution is -2.38. The van der Waals surface area contributed by atoms with Crippen molar-refractivity contribution < 1.29 is 19.6 Å². The molecule has 164 valence electrons. The van der Waals surface area contributed by atoms with Crippen LogP contribution < -0.4 is 15.4 Å². The molecule has 0 bridgehead atoms. The molecule has 2 atom stereocenters. The highest BCUT2D eigenvalue weighted by atomic mass is 16.6. The quantitative estimate of drug-likeness (QED) is 0.464. The van der Waals surface area contributed by atoms with Gasteiger partial charge in [0, 0.05) is 17.5 Å². The van der Waals surface area contributed by atoms with E-state index in [2.05, 4.69) is 10.6 Å². The summed E-state index contributed by atoms with van der Waals surface area (Å²) in [7, 11) is 1.57. The summed E-state index contributed by atoms with van der Waals surface area (Å²) in [4.78, 5) is 23.9. The average molecular weight is 425 g/mol. The van der Waals surface area contributed by atoms with E-state index in [0.29, 0.717) is 11.8 Å². The maximum Gasteiger partial charge on any atom is 0.293 e. The first-order valence-electron chi connectivity index (χ1n) is 10.4. The third kappa shape index (κ3) is 4.13. The molecule has 1 saturated carbocycles. The van der Waals surface area contributed by atoms with Gasteiger partial charge in [0.2, 0.25) is 5.91 Å². The Morgan fingerprint density at radius 2 is 1.94 bits per heavy atom. The van der Waals surface area contributed by atoms with Crippen molar-refractivity contribution in [3.63, 3.8) is 0 Å². The lowest BCUT2D eigenvalue weighted by molar-refractivity contribution is -0.384. The van der Waals surface area contributed by atoms with Crippen LogP contribution in [0.4, 0.5) is 11.4 Å². The summed E-state index contributed by atoms with van der Waals surface area (Å²) in [6.45, 7) is 3.77. The molecule has 0 unspecified atom stereocenters. The number of nitro benzene ring substituents is 1. The summed E-state index contributed by atoms with van der Waals surface area (Å²) in [6.07, 6.45) is 1.47. The van der Waals surface area contributed by atoms with Crippen LogP contribution in [0.15, 0.2) is 36.4 Å². The van der Waals surface area contributed by atoms with Crippen molar-refractivity contribution in [2.45, 2.75) is 56.7 Å². The van der Waals surface area contributed by atoms with E-state index in [4.69, 9.17) is 4.74 Å². The molecule has 2 aromatic carbocycles. The van der Waals surface area contributed by atoms with Crippen LogP contribution in [0.5, 0.6) is 5.75 Å². The number of methoxy groups -OCH3 is 1. The Labute approximate surface area is 180 Å². The van der Waals surface area contributed by atoms with Gasteiger partial charge in [0.25, 0.3) is 5.69 Å². The van der Waals surface area contributed by atoms with Crippen molar-refractivity contribution in [3.05, 3.63) is 63.2 Å². The molecule has 1 fully saturated rings. The van der Waals surface area contributed by atoms with Crippen LogP contribution in [0.25, 0.3) is 0 Å². The molecule has 4 rings (SSSR count).